The highest BCUT2D eigenvalue weighted by Gasteiger charge is 2.71. The molecular formula is C49H79NO8. The number of methoxy groups -OCH3 is 1. The lowest BCUT2D eigenvalue weighted by Crippen LogP contribution is -2.66. The van der Waals surface area contributed by atoms with Crippen LogP contribution in [-0.4, -0.2) is 88.2 Å². The zero-order chi connectivity index (χ0) is 41.5. The lowest BCUT2D eigenvalue weighted by Gasteiger charge is -2.72. The Morgan fingerprint density at radius 1 is 0.690 bits per heavy atom. The molecule has 0 aromatic heterocycles. The van der Waals surface area contributed by atoms with Crippen LogP contribution >= 0.6 is 0 Å². The Morgan fingerprint density at radius 2 is 1.40 bits per heavy atom. The van der Waals surface area contributed by atoms with Crippen LogP contribution in [0, 0.1) is 79.8 Å². The molecule has 9 nitrogen and oxygen atoms in total. The molecule has 13 atom stereocenters. The molecule has 0 bridgehead atoms. The fourth-order valence-corrected chi connectivity index (χ4v) is 16.3. The van der Waals surface area contributed by atoms with Gasteiger partial charge in [0.25, 0.3) is 6.47 Å². The van der Waals surface area contributed by atoms with Gasteiger partial charge in [-0.15, -0.1) is 0 Å². The molecule has 0 aromatic carbocycles. The fourth-order valence-electron chi connectivity index (χ4n) is 16.3. The second-order valence-corrected chi connectivity index (χ2v) is 23.2. The molecule has 0 aromatic rings. The van der Waals surface area contributed by atoms with Gasteiger partial charge in [-0.05, 0) is 147 Å². The number of ether oxygens (including phenoxy) is 5. The van der Waals surface area contributed by atoms with Crippen molar-refractivity contribution in [3.05, 3.63) is 0 Å². The number of amides is 1. The summed E-state index contributed by atoms with van der Waals surface area (Å²) < 4.78 is 28.6. The maximum atomic E-state index is 14.6. The normalized spacial score (nSPS) is 44.7. The molecule has 7 saturated carbocycles. The fraction of sp³-hybridized carbons (Fsp3) is 0.939. The second-order valence-electron chi connectivity index (χ2n) is 23.2. The van der Waals surface area contributed by atoms with Crippen molar-refractivity contribution < 1.29 is 38.1 Å². The zero-order valence-electron chi connectivity index (χ0n) is 37.8. The van der Waals surface area contributed by atoms with Gasteiger partial charge in [-0.2, -0.15) is 0 Å². The van der Waals surface area contributed by atoms with E-state index in [-0.39, 0.29) is 57.8 Å². The summed E-state index contributed by atoms with van der Waals surface area (Å²) in [6.45, 7) is 24.0. The minimum atomic E-state index is -0.402. The second kappa shape index (κ2) is 15.6. The number of carbonyl (C=O) groups is 3. The lowest BCUT2D eigenvalue weighted by molar-refractivity contribution is -0.248. The highest BCUT2D eigenvalue weighted by atomic mass is 16.6. The van der Waals surface area contributed by atoms with Crippen LogP contribution in [-0.2, 0) is 38.1 Å². The maximum absolute atomic E-state index is 14.6. The van der Waals surface area contributed by atoms with Crippen molar-refractivity contribution in [2.75, 3.05) is 46.6 Å². The number of fused-ring (bicyclic) bond motifs is 7. The molecular weight excluding hydrogens is 731 g/mol. The van der Waals surface area contributed by atoms with Crippen LogP contribution in [0.1, 0.15) is 145 Å². The van der Waals surface area contributed by atoms with Gasteiger partial charge >= 0.3 is 5.97 Å². The van der Waals surface area contributed by atoms with Crippen molar-refractivity contribution in [1.29, 1.82) is 0 Å². The van der Waals surface area contributed by atoms with E-state index in [0.29, 0.717) is 86.2 Å². The van der Waals surface area contributed by atoms with E-state index in [4.69, 9.17) is 23.7 Å². The summed E-state index contributed by atoms with van der Waals surface area (Å²) in [6, 6.07) is 0. The van der Waals surface area contributed by atoms with Crippen molar-refractivity contribution in [2.45, 2.75) is 164 Å². The summed E-state index contributed by atoms with van der Waals surface area (Å²) in [5.41, 5.74) is 0.602. The first kappa shape index (κ1) is 43.0. The largest absolute Gasteiger partial charge is 0.464 e. The van der Waals surface area contributed by atoms with E-state index in [1.807, 2.05) is 13.8 Å². The topological polar surface area (TPSA) is 101 Å². The van der Waals surface area contributed by atoms with E-state index in [9.17, 15) is 14.4 Å². The molecule has 1 aliphatic heterocycles. The Labute approximate surface area is 350 Å². The molecule has 0 N–H and O–H groups in total. The Kier molecular flexibility index (Phi) is 11.5. The van der Waals surface area contributed by atoms with E-state index >= 15 is 0 Å². The van der Waals surface area contributed by atoms with Crippen LogP contribution < -0.4 is 0 Å². The first-order chi connectivity index (χ1) is 27.5. The molecule has 8 fully saturated rings. The van der Waals surface area contributed by atoms with Gasteiger partial charge in [0.15, 0.2) is 0 Å². The number of hydrogen-bond donors (Lipinski definition) is 0. The van der Waals surface area contributed by atoms with E-state index in [1.54, 1.807) is 7.11 Å². The predicted molar refractivity (Wildman–Crippen MR) is 222 cm³/mol. The molecule has 1 saturated heterocycles. The first-order valence-corrected chi connectivity index (χ1v) is 23.7. The molecule has 9 heteroatoms. The van der Waals surface area contributed by atoms with Crippen molar-refractivity contribution in [3.63, 3.8) is 0 Å². The highest BCUT2D eigenvalue weighted by molar-refractivity contribution is 5.80. The molecule has 8 aliphatic rings. The SMILES string of the molecule is COCCOCCOC1CCN(C(=O)[C@@H]2C[C@@H](C3(C)CC3)[C@H]3C2CC[C@]2(C)[C@@H]3CC[C@@H]3[C@@]4(C)CC[C@H](OC(=O)[C@H]5C[C@@H](OC=O)C5(C)C)C(C)(C)[C@@H]4CC[C@]32C)CC1. The number of likely N-dealkylation sites (tertiary alicyclic amines) is 1. The Morgan fingerprint density at radius 3 is 2.07 bits per heavy atom. The molecule has 328 valence electrons. The molecule has 1 heterocycles. The average molecular weight is 810 g/mol. The van der Waals surface area contributed by atoms with Crippen molar-refractivity contribution >= 4 is 18.3 Å². The quantitative estimate of drug-likeness (QED) is 0.103. The van der Waals surface area contributed by atoms with Crippen molar-refractivity contribution in [3.8, 4) is 0 Å². The van der Waals surface area contributed by atoms with Gasteiger partial charge in [-0.1, -0.05) is 55.4 Å². The minimum absolute atomic E-state index is 0.0937. The van der Waals surface area contributed by atoms with E-state index in [2.05, 4.69) is 46.4 Å². The number of nitrogens with zero attached hydrogens (tertiary/aromatic N) is 1. The number of piperidine rings is 1. The summed E-state index contributed by atoms with van der Waals surface area (Å²) in [4.78, 5) is 41.6. The standard InChI is InChI=1S/C49H79NO8/c1-44(2)36(29-40(44)57-30-51)43(53)58-39-14-17-47(6)37(45(39,3)4)13-19-49(8)38(47)11-10-34-41-32(12-18-48(34,49)7)33(28-35(41)46(5)20-21-46)42(52)50-22-15-31(16-23-50)56-27-26-55-25-24-54-9/h30-41H,10-29H2,1-9H3/t32?,33-,34-,35-,36-,37+,38-,39+,40-,41+,47+,48-,49-/m1/s1. The molecule has 1 unspecified atom stereocenters. The predicted octanol–water partition coefficient (Wildman–Crippen LogP) is 8.89. The van der Waals surface area contributed by atoms with Gasteiger partial charge in [0.1, 0.15) is 12.2 Å². The zero-order valence-corrected chi connectivity index (χ0v) is 37.8. The number of esters is 1. The van der Waals surface area contributed by atoms with Gasteiger partial charge < -0.3 is 28.6 Å². The van der Waals surface area contributed by atoms with Gasteiger partial charge in [0.2, 0.25) is 5.91 Å². The van der Waals surface area contributed by atoms with E-state index in [1.165, 1.54) is 51.4 Å². The Hall–Kier alpha value is -1.71. The van der Waals surface area contributed by atoms with Crippen LogP contribution in [0.5, 0.6) is 0 Å². The number of carbonyl (C=O) groups excluding carboxylic acids is 3. The smallest absolute Gasteiger partial charge is 0.310 e. The summed E-state index contributed by atoms with van der Waals surface area (Å²) >= 11 is 0. The van der Waals surface area contributed by atoms with Crippen molar-refractivity contribution in [1.82, 2.24) is 4.90 Å². The Balaban J connectivity index is 0.942. The third-order valence-electron chi connectivity index (χ3n) is 20.3. The van der Waals surface area contributed by atoms with Crippen LogP contribution in [0.15, 0.2) is 0 Å². The van der Waals surface area contributed by atoms with Crippen molar-refractivity contribution in [2.24, 2.45) is 79.8 Å². The molecule has 0 spiro atoms. The minimum Gasteiger partial charge on any atom is -0.464 e. The van der Waals surface area contributed by atoms with Crippen LogP contribution in [0.25, 0.3) is 0 Å². The molecule has 8 rings (SSSR count). The summed E-state index contributed by atoms with van der Waals surface area (Å²) in [5, 5.41) is 0. The van der Waals surface area contributed by atoms with Crippen LogP contribution in [0.4, 0.5) is 0 Å². The van der Waals surface area contributed by atoms with E-state index in [0.717, 1.165) is 45.2 Å². The first-order valence-electron chi connectivity index (χ1n) is 23.7. The third-order valence-corrected chi connectivity index (χ3v) is 20.3. The van der Waals surface area contributed by atoms with Gasteiger partial charge in [-0.3, -0.25) is 14.4 Å². The summed E-state index contributed by atoms with van der Waals surface area (Å²) in [6.07, 6.45) is 15.5. The lowest BCUT2D eigenvalue weighted by atomic mass is 9.33. The highest BCUT2D eigenvalue weighted by Crippen LogP contribution is 2.78. The van der Waals surface area contributed by atoms with E-state index < -0.39 is 5.41 Å². The number of hydrogen-bond acceptors (Lipinski definition) is 8. The third kappa shape index (κ3) is 6.83. The number of rotatable bonds is 13. The maximum Gasteiger partial charge on any atom is 0.310 e. The summed E-state index contributed by atoms with van der Waals surface area (Å²) in [5.74, 6) is 3.94. The van der Waals surface area contributed by atoms with Gasteiger partial charge in [-0.25, -0.2) is 0 Å². The van der Waals surface area contributed by atoms with Crippen LogP contribution in [0.2, 0.25) is 0 Å². The van der Waals surface area contributed by atoms with Gasteiger partial charge in [0, 0.05) is 36.9 Å². The van der Waals surface area contributed by atoms with Crippen LogP contribution in [0.3, 0.4) is 0 Å². The molecule has 58 heavy (non-hydrogen) atoms. The molecule has 0 radical (unpaired) electrons. The Bertz CT molecular complexity index is 1530. The summed E-state index contributed by atoms with van der Waals surface area (Å²) in [7, 11) is 1.69. The monoisotopic (exact) mass is 810 g/mol. The molecule has 7 aliphatic carbocycles. The molecule has 1 amide bonds. The average Bonchev–Trinajstić information content (AvgIpc) is 3.81. The van der Waals surface area contributed by atoms with Gasteiger partial charge in [0.05, 0.1) is 38.4 Å².